The van der Waals surface area contributed by atoms with Gasteiger partial charge in [0.25, 0.3) is 0 Å². The van der Waals surface area contributed by atoms with Gasteiger partial charge < -0.3 is 9.47 Å². The minimum atomic E-state index is -0.685. The smallest absolute Gasteiger partial charge is 0.434 e. The van der Waals surface area contributed by atoms with Gasteiger partial charge in [-0.05, 0) is 23.6 Å². The first kappa shape index (κ1) is 15.0. The fraction of sp³-hybridized carbons (Fsp3) is 0.312. The van der Waals surface area contributed by atoms with E-state index in [1.807, 2.05) is 37.3 Å². The molecule has 102 valence electrons. The van der Waals surface area contributed by atoms with Gasteiger partial charge in [0.1, 0.15) is 6.10 Å². The molecular weight excluding hydrogens is 240 g/mol. The number of carbonyl (C=O) groups is 1. The van der Waals surface area contributed by atoms with E-state index >= 15 is 0 Å². The maximum atomic E-state index is 11.5. The van der Waals surface area contributed by atoms with Crippen molar-refractivity contribution in [3.63, 3.8) is 0 Å². The Kier molecular flexibility index (Phi) is 6.44. The summed E-state index contributed by atoms with van der Waals surface area (Å²) in [6, 6.07) is 9.54. The first-order valence-electron chi connectivity index (χ1n) is 6.39. The van der Waals surface area contributed by atoms with Crippen molar-refractivity contribution in [1.29, 1.82) is 0 Å². The summed E-state index contributed by atoms with van der Waals surface area (Å²) in [5.74, 6) is 0. The van der Waals surface area contributed by atoms with Crippen molar-refractivity contribution in [3.05, 3.63) is 55.1 Å². The molecule has 0 heterocycles. The lowest BCUT2D eigenvalue weighted by Gasteiger charge is -2.16. The quantitative estimate of drug-likeness (QED) is 0.418. The Labute approximate surface area is 114 Å². The highest BCUT2D eigenvalue weighted by Crippen LogP contribution is 2.19. The molecule has 0 spiro atoms. The van der Waals surface area contributed by atoms with E-state index in [1.54, 1.807) is 0 Å². The summed E-state index contributed by atoms with van der Waals surface area (Å²) in [7, 11) is 0. The lowest BCUT2D eigenvalue weighted by atomic mass is 10.0. The summed E-state index contributed by atoms with van der Waals surface area (Å²) >= 11 is 0. The van der Waals surface area contributed by atoms with E-state index in [0.29, 0.717) is 12.2 Å². The molecule has 0 N–H and O–H groups in total. The normalized spacial score (nSPS) is 11.4. The molecule has 0 saturated heterocycles. The number of unbranched alkanes of at least 4 members (excludes halogenated alkanes) is 1. The molecule has 1 unspecified atom stereocenters. The molecule has 1 aromatic rings. The molecule has 19 heavy (non-hydrogen) atoms. The van der Waals surface area contributed by atoms with Gasteiger partial charge in [0.15, 0.2) is 0 Å². The molecule has 3 nitrogen and oxygen atoms in total. The Morgan fingerprint density at radius 1 is 1.37 bits per heavy atom. The van der Waals surface area contributed by atoms with E-state index in [1.165, 1.54) is 6.08 Å². The Hall–Kier alpha value is -2.03. The van der Waals surface area contributed by atoms with Gasteiger partial charge in [-0.25, -0.2) is 4.79 Å². The van der Waals surface area contributed by atoms with Crippen LogP contribution in [0.4, 0.5) is 4.79 Å². The van der Waals surface area contributed by atoms with Crippen molar-refractivity contribution in [1.82, 2.24) is 0 Å². The summed E-state index contributed by atoms with van der Waals surface area (Å²) in [5.41, 5.74) is 1.59. The van der Waals surface area contributed by atoms with E-state index in [4.69, 9.17) is 9.47 Å². The van der Waals surface area contributed by atoms with Crippen molar-refractivity contribution < 1.29 is 14.3 Å². The molecular formula is C16H20O3. The predicted molar refractivity (Wildman–Crippen MR) is 76.8 cm³/mol. The molecule has 0 fully saturated rings. The number of carbonyl (C=O) groups excluding carboxylic acids is 1. The highest BCUT2D eigenvalue weighted by atomic mass is 16.7. The van der Waals surface area contributed by atoms with Crippen LogP contribution in [0.25, 0.3) is 5.57 Å². The number of hydrogen-bond acceptors (Lipinski definition) is 3. The van der Waals surface area contributed by atoms with Crippen LogP contribution in [0.15, 0.2) is 49.6 Å². The van der Waals surface area contributed by atoms with E-state index in [2.05, 4.69) is 13.2 Å². The van der Waals surface area contributed by atoms with Gasteiger partial charge in [-0.2, -0.15) is 0 Å². The van der Waals surface area contributed by atoms with Gasteiger partial charge in [0, 0.05) is 0 Å². The zero-order valence-electron chi connectivity index (χ0n) is 11.3. The predicted octanol–water partition coefficient (Wildman–Crippen LogP) is 4.21. The van der Waals surface area contributed by atoms with Gasteiger partial charge >= 0.3 is 6.16 Å². The van der Waals surface area contributed by atoms with Crippen molar-refractivity contribution in [3.8, 4) is 0 Å². The largest absolute Gasteiger partial charge is 0.509 e. The van der Waals surface area contributed by atoms with Gasteiger partial charge in [-0.1, -0.05) is 56.8 Å². The first-order valence-corrected chi connectivity index (χ1v) is 6.39. The van der Waals surface area contributed by atoms with Crippen LogP contribution in [-0.2, 0) is 9.47 Å². The molecule has 0 aliphatic carbocycles. The topological polar surface area (TPSA) is 35.5 Å². The first-order chi connectivity index (χ1) is 9.19. The maximum absolute atomic E-state index is 11.5. The average molecular weight is 260 g/mol. The molecule has 0 amide bonds. The Bertz CT molecular complexity index is 423. The van der Waals surface area contributed by atoms with E-state index < -0.39 is 12.3 Å². The van der Waals surface area contributed by atoms with E-state index in [0.717, 1.165) is 18.4 Å². The summed E-state index contributed by atoms with van der Waals surface area (Å²) in [5, 5.41) is 0. The number of benzene rings is 1. The number of hydrogen-bond donors (Lipinski definition) is 0. The van der Waals surface area contributed by atoms with Crippen LogP contribution in [0, 0.1) is 0 Å². The van der Waals surface area contributed by atoms with E-state index in [-0.39, 0.29) is 0 Å². The van der Waals surface area contributed by atoms with Crippen molar-refractivity contribution in [2.45, 2.75) is 25.9 Å². The van der Waals surface area contributed by atoms with Gasteiger partial charge in [-0.3, -0.25) is 0 Å². The molecule has 0 aliphatic heterocycles. The van der Waals surface area contributed by atoms with Crippen molar-refractivity contribution >= 4 is 11.7 Å². The third-order valence-electron chi connectivity index (χ3n) is 2.64. The summed E-state index contributed by atoms with van der Waals surface area (Å²) < 4.78 is 10.1. The molecule has 3 heteroatoms. The van der Waals surface area contributed by atoms with Crippen molar-refractivity contribution in [2.75, 3.05) is 6.61 Å². The molecule has 1 rings (SSSR count). The van der Waals surface area contributed by atoms with Crippen LogP contribution in [0.2, 0.25) is 0 Å². The highest BCUT2D eigenvalue weighted by molar-refractivity contribution is 5.71. The summed E-state index contributed by atoms with van der Waals surface area (Å²) in [4.78, 5) is 11.5. The lowest BCUT2D eigenvalue weighted by molar-refractivity contribution is 0.0496. The maximum Gasteiger partial charge on any atom is 0.509 e. The number of ether oxygens (including phenoxy) is 2. The Balaban J connectivity index is 2.56. The lowest BCUT2D eigenvalue weighted by Crippen LogP contribution is -2.18. The standard InChI is InChI=1S/C16H20O3/c1-4-6-12-18-16(17)19-15(5-2)13(3)14-10-8-7-9-11-14/h5,7-11,15H,2-4,6,12H2,1H3. The minimum Gasteiger partial charge on any atom is -0.434 e. The summed E-state index contributed by atoms with van der Waals surface area (Å²) in [6.45, 7) is 10.0. The fourth-order valence-electron chi connectivity index (χ4n) is 1.52. The monoisotopic (exact) mass is 260 g/mol. The molecule has 0 radical (unpaired) electrons. The third-order valence-corrected chi connectivity index (χ3v) is 2.64. The zero-order chi connectivity index (χ0) is 14.1. The minimum absolute atomic E-state index is 0.372. The Morgan fingerprint density at radius 3 is 2.63 bits per heavy atom. The van der Waals surface area contributed by atoms with Crippen LogP contribution in [-0.4, -0.2) is 18.9 Å². The molecule has 0 saturated carbocycles. The third kappa shape index (κ3) is 5.00. The van der Waals surface area contributed by atoms with Gasteiger partial charge in [0.2, 0.25) is 0 Å². The zero-order valence-corrected chi connectivity index (χ0v) is 11.3. The van der Waals surface area contributed by atoms with Crippen LogP contribution in [0.5, 0.6) is 0 Å². The van der Waals surface area contributed by atoms with Crippen LogP contribution in [0.3, 0.4) is 0 Å². The molecule has 0 aliphatic rings. The molecule has 0 aromatic heterocycles. The van der Waals surface area contributed by atoms with Crippen LogP contribution >= 0.6 is 0 Å². The molecule has 0 bridgehead atoms. The van der Waals surface area contributed by atoms with Crippen LogP contribution < -0.4 is 0 Å². The molecule has 1 atom stereocenters. The second-order valence-corrected chi connectivity index (χ2v) is 4.12. The van der Waals surface area contributed by atoms with Crippen molar-refractivity contribution in [2.24, 2.45) is 0 Å². The second-order valence-electron chi connectivity index (χ2n) is 4.12. The SMILES string of the molecule is C=CC(OC(=O)OCCCC)C(=C)c1ccccc1. The number of rotatable bonds is 7. The Morgan fingerprint density at radius 2 is 2.05 bits per heavy atom. The van der Waals surface area contributed by atoms with E-state index in [9.17, 15) is 4.79 Å². The summed E-state index contributed by atoms with van der Waals surface area (Å²) in [6.07, 6.45) is 2.07. The van der Waals surface area contributed by atoms with Crippen LogP contribution in [0.1, 0.15) is 25.3 Å². The fourth-order valence-corrected chi connectivity index (χ4v) is 1.52. The second kappa shape index (κ2) is 8.14. The van der Waals surface area contributed by atoms with Gasteiger partial charge in [0.05, 0.1) is 6.61 Å². The van der Waals surface area contributed by atoms with Gasteiger partial charge in [-0.15, -0.1) is 0 Å². The highest BCUT2D eigenvalue weighted by Gasteiger charge is 2.16. The average Bonchev–Trinajstić information content (AvgIpc) is 2.45. The molecule has 1 aromatic carbocycles.